The van der Waals surface area contributed by atoms with Gasteiger partial charge < -0.3 is 15.2 Å². The number of benzene rings is 1. The molecule has 2 rings (SSSR count). The summed E-state index contributed by atoms with van der Waals surface area (Å²) in [6.45, 7) is 6.60. The van der Waals surface area contributed by atoms with Gasteiger partial charge in [-0.2, -0.15) is 0 Å². The topological polar surface area (TPSA) is 61.5 Å². The van der Waals surface area contributed by atoms with Crippen molar-refractivity contribution in [3.8, 4) is 5.75 Å². The van der Waals surface area contributed by atoms with Crippen molar-refractivity contribution >= 4 is 5.97 Å². The molecule has 1 aliphatic carbocycles. The van der Waals surface area contributed by atoms with Gasteiger partial charge in [-0.1, -0.05) is 0 Å². The minimum atomic E-state index is -0.253. The first-order chi connectivity index (χ1) is 9.54. The summed E-state index contributed by atoms with van der Waals surface area (Å²) in [5, 5.41) is 0. The Hall–Kier alpha value is -1.55. The van der Waals surface area contributed by atoms with Gasteiger partial charge in [0.25, 0.3) is 0 Å². The minimum absolute atomic E-state index is 0.0336. The number of hydrogen-bond acceptors (Lipinski definition) is 4. The Balaban J connectivity index is 2.38. The summed E-state index contributed by atoms with van der Waals surface area (Å²) in [6, 6.07) is 1.79. The van der Waals surface area contributed by atoms with Gasteiger partial charge in [-0.15, -0.1) is 0 Å². The summed E-state index contributed by atoms with van der Waals surface area (Å²) in [6.07, 6.45) is 3.03. The van der Waals surface area contributed by atoms with E-state index in [1.54, 1.807) is 0 Å². The highest BCUT2D eigenvalue weighted by atomic mass is 16.5. The maximum Gasteiger partial charge on any atom is 0.338 e. The van der Waals surface area contributed by atoms with Crippen LogP contribution in [0, 0.1) is 6.92 Å². The van der Waals surface area contributed by atoms with E-state index in [1.807, 2.05) is 19.9 Å². The quantitative estimate of drug-likeness (QED) is 0.839. The molecule has 0 aromatic heterocycles. The smallest absolute Gasteiger partial charge is 0.338 e. The van der Waals surface area contributed by atoms with E-state index in [4.69, 9.17) is 15.2 Å². The number of carbonyl (C=O) groups is 1. The van der Waals surface area contributed by atoms with Crippen LogP contribution < -0.4 is 10.5 Å². The van der Waals surface area contributed by atoms with Crippen LogP contribution in [0.4, 0.5) is 0 Å². The fraction of sp³-hybridized carbons (Fsp3) is 0.562. The molecule has 1 aliphatic rings. The number of fused-ring (bicyclic) bond motifs is 1. The zero-order chi connectivity index (χ0) is 14.7. The summed E-state index contributed by atoms with van der Waals surface area (Å²) in [4.78, 5) is 12.1. The van der Waals surface area contributed by atoms with Gasteiger partial charge in [0, 0.05) is 6.04 Å². The van der Waals surface area contributed by atoms with Gasteiger partial charge in [-0.05, 0) is 62.8 Å². The third-order valence-corrected chi connectivity index (χ3v) is 3.64. The van der Waals surface area contributed by atoms with Crippen LogP contribution in [-0.2, 0) is 17.6 Å². The van der Waals surface area contributed by atoms with E-state index < -0.39 is 0 Å². The van der Waals surface area contributed by atoms with Gasteiger partial charge in [0.2, 0.25) is 0 Å². The average molecular weight is 277 g/mol. The van der Waals surface area contributed by atoms with Crippen molar-refractivity contribution in [2.75, 3.05) is 13.2 Å². The summed E-state index contributed by atoms with van der Waals surface area (Å²) in [7, 11) is 0. The summed E-state index contributed by atoms with van der Waals surface area (Å²) < 4.78 is 10.9. The van der Waals surface area contributed by atoms with Gasteiger partial charge in [0.05, 0.1) is 12.2 Å². The van der Waals surface area contributed by atoms with E-state index in [-0.39, 0.29) is 12.0 Å². The molecular weight excluding hydrogens is 254 g/mol. The first-order valence-corrected chi connectivity index (χ1v) is 7.25. The van der Waals surface area contributed by atoms with Crippen LogP contribution in [0.3, 0.4) is 0 Å². The molecule has 0 radical (unpaired) electrons. The summed E-state index contributed by atoms with van der Waals surface area (Å²) >= 11 is 0. The van der Waals surface area contributed by atoms with E-state index >= 15 is 0 Å². The van der Waals surface area contributed by atoms with Crippen LogP contribution in [-0.4, -0.2) is 25.2 Å². The maximum absolute atomic E-state index is 12.1. The van der Waals surface area contributed by atoms with Gasteiger partial charge in [-0.3, -0.25) is 0 Å². The molecule has 0 saturated carbocycles. The predicted molar refractivity (Wildman–Crippen MR) is 78.3 cm³/mol. The van der Waals surface area contributed by atoms with Gasteiger partial charge >= 0.3 is 5.97 Å². The Morgan fingerprint density at radius 3 is 2.75 bits per heavy atom. The van der Waals surface area contributed by atoms with Gasteiger partial charge in [-0.25, -0.2) is 4.79 Å². The Morgan fingerprint density at radius 1 is 1.40 bits per heavy atom. The standard InChI is InChI=1S/C16H23NO3/c1-4-19-16(18)14-8-15(20-9-10(2)17)11(3)12-6-5-7-13(12)14/h8,10H,4-7,9,17H2,1-3H3. The van der Waals surface area contributed by atoms with E-state index in [9.17, 15) is 4.79 Å². The van der Waals surface area contributed by atoms with Crippen molar-refractivity contribution in [2.24, 2.45) is 5.73 Å². The second kappa shape index (κ2) is 6.27. The molecule has 0 saturated heterocycles. The highest BCUT2D eigenvalue weighted by molar-refractivity contribution is 5.92. The highest BCUT2D eigenvalue weighted by Crippen LogP contribution is 2.35. The SMILES string of the molecule is CCOC(=O)c1cc(OCC(C)N)c(C)c2c1CCC2. The van der Waals surface area contributed by atoms with Gasteiger partial charge in [0.1, 0.15) is 12.4 Å². The molecule has 0 bridgehead atoms. The van der Waals surface area contributed by atoms with Crippen LogP contribution in [0.25, 0.3) is 0 Å². The largest absolute Gasteiger partial charge is 0.492 e. The summed E-state index contributed by atoms with van der Waals surface area (Å²) in [5.74, 6) is 0.502. The fourth-order valence-electron chi connectivity index (χ4n) is 2.69. The molecule has 20 heavy (non-hydrogen) atoms. The van der Waals surface area contributed by atoms with E-state index in [0.29, 0.717) is 18.8 Å². The Labute approximate surface area is 120 Å². The molecule has 0 spiro atoms. The minimum Gasteiger partial charge on any atom is -0.492 e. The number of nitrogens with two attached hydrogens (primary N) is 1. The van der Waals surface area contributed by atoms with Crippen LogP contribution in [0.2, 0.25) is 0 Å². The molecule has 1 atom stereocenters. The van der Waals surface area contributed by atoms with Crippen molar-refractivity contribution in [1.29, 1.82) is 0 Å². The third-order valence-electron chi connectivity index (χ3n) is 3.64. The predicted octanol–water partition coefficient (Wildman–Crippen LogP) is 2.39. The van der Waals surface area contributed by atoms with Crippen LogP contribution >= 0.6 is 0 Å². The van der Waals surface area contributed by atoms with E-state index in [2.05, 4.69) is 6.92 Å². The first-order valence-electron chi connectivity index (χ1n) is 7.25. The summed E-state index contributed by atoms with van der Waals surface area (Å²) in [5.41, 5.74) is 9.90. The number of esters is 1. The molecule has 0 heterocycles. The zero-order valence-corrected chi connectivity index (χ0v) is 12.5. The molecule has 1 aromatic rings. The molecule has 4 nitrogen and oxygen atoms in total. The normalized spacial score (nSPS) is 14.8. The molecule has 1 unspecified atom stereocenters. The number of hydrogen-bond donors (Lipinski definition) is 1. The molecule has 0 fully saturated rings. The van der Waals surface area contributed by atoms with Crippen molar-refractivity contribution in [1.82, 2.24) is 0 Å². The Morgan fingerprint density at radius 2 is 2.10 bits per heavy atom. The van der Waals surface area contributed by atoms with Crippen LogP contribution in [0.15, 0.2) is 6.07 Å². The Bertz CT molecular complexity index is 509. The first kappa shape index (κ1) is 14.9. The lowest BCUT2D eigenvalue weighted by molar-refractivity contribution is 0.0524. The van der Waals surface area contributed by atoms with Crippen molar-refractivity contribution in [3.05, 3.63) is 28.3 Å². The maximum atomic E-state index is 12.1. The van der Waals surface area contributed by atoms with Crippen molar-refractivity contribution in [3.63, 3.8) is 0 Å². The molecule has 2 N–H and O–H groups in total. The molecule has 4 heteroatoms. The Kier molecular flexibility index (Phi) is 4.65. The van der Waals surface area contributed by atoms with E-state index in [0.717, 1.165) is 36.1 Å². The van der Waals surface area contributed by atoms with Gasteiger partial charge in [0.15, 0.2) is 0 Å². The number of ether oxygens (including phenoxy) is 2. The molecule has 1 aromatic carbocycles. The van der Waals surface area contributed by atoms with Crippen LogP contribution in [0.5, 0.6) is 5.75 Å². The lowest BCUT2D eigenvalue weighted by Crippen LogP contribution is -2.24. The monoisotopic (exact) mass is 277 g/mol. The fourth-order valence-corrected chi connectivity index (χ4v) is 2.69. The third kappa shape index (κ3) is 2.96. The van der Waals surface area contributed by atoms with E-state index in [1.165, 1.54) is 5.56 Å². The molecular formula is C16H23NO3. The highest BCUT2D eigenvalue weighted by Gasteiger charge is 2.24. The lowest BCUT2D eigenvalue weighted by atomic mass is 9.98. The second-order valence-electron chi connectivity index (χ2n) is 5.37. The average Bonchev–Trinajstić information content (AvgIpc) is 2.87. The van der Waals surface area contributed by atoms with Crippen LogP contribution in [0.1, 0.15) is 47.3 Å². The molecule has 0 aliphatic heterocycles. The zero-order valence-electron chi connectivity index (χ0n) is 12.5. The molecule has 0 amide bonds. The van der Waals surface area contributed by atoms with Crippen molar-refractivity contribution < 1.29 is 14.3 Å². The number of rotatable bonds is 5. The second-order valence-corrected chi connectivity index (χ2v) is 5.37. The lowest BCUT2D eigenvalue weighted by Gasteiger charge is -2.17. The molecule has 110 valence electrons. The van der Waals surface area contributed by atoms with Crippen molar-refractivity contribution in [2.45, 2.75) is 46.1 Å². The number of carbonyl (C=O) groups excluding carboxylic acids is 1.